The summed E-state index contributed by atoms with van der Waals surface area (Å²) in [7, 11) is 1.81. The van der Waals surface area contributed by atoms with E-state index in [4.69, 9.17) is 23.2 Å². The highest BCUT2D eigenvalue weighted by Crippen LogP contribution is 2.30. The van der Waals surface area contributed by atoms with Crippen LogP contribution in [0.1, 0.15) is 36.1 Å². The summed E-state index contributed by atoms with van der Waals surface area (Å²) in [4.78, 5) is 25.0. The normalized spacial score (nSPS) is 11.9. The SMILES string of the molecule is CC(C)[C@@H](NC(=O)c1ccccc1)c1nnc(SCC(=O)Nc2cccc(Cl)c2Cl)n1C. The summed E-state index contributed by atoms with van der Waals surface area (Å²) in [5.41, 5.74) is 1.03. The molecule has 2 amide bonds. The van der Waals surface area contributed by atoms with Gasteiger partial charge in [-0.05, 0) is 30.2 Å². The summed E-state index contributed by atoms with van der Waals surface area (Å²) in [5, 5.41) is 15.5. The summed E-state index contributed by atoms with van der Waals surface area (Å²) in [6, 6.07) is 13.7. The summed E-state index contributed by atoms with van der Waals surface area (Å²) in [5.74, 6) is 0.375. The van der Waals surface area contributed by atoms with Gasteiger partial charge >= 0.3 is 0 Å². The molecule has 7 nitrogen and oxygen atoms in total. The van der Waals surface area contributed by atoms with Crippen LogP contribution in [0.2, 0.25) is 10.0 Å². The number of hydrogen-bond donors (Lipinski definition) is 2. The second-order valence-corrected chi connectivity index (χ2v) is 9.13. The number of carbonyl (C=O) groups is 2. The molecule has 0 unspecified atom stereocenters. The lowest BCUT2D eigenvalue weighted by atomic mass is 10.0. The molecule has 0 radical (unpaired) electrons. The van der Waals surface area contributed by atoms with Crippen molar-refractivity contribution in [1.82, 2.24) is 20.1 Å². The number of anilines is 1. The van der Waals surface area contributed by atoms with Gasteiger partial charge in [0, 0.05) is 12.6 Å². The van der Waals surface area contributed by atoms with Crippen LogP contribution in [-0.4, -0.2) is 32.3 Å². The summed E-state index contributed by atoms with van der Waals surface area (Å²) >= 11 is 13.3. The van der Waals surface area contributed by atoms with E-state index in [1.165, 1.54) is 11.8 Å². The van der Waals surface area contributed by atoms with Crippen molar-refractivity contribution < 1.29 is 9.59 Å². The Balaban J connectivity index is 1.67. The number of nitrogens with zero attached hydrogens (tertiary/aromatic N) is 3. The number of thioether (sulfide) groups is 1. The average molecular weight is 492 g/mol. The zero-order valence-electron chi connectivity index (χ0n) is 17.8. The van der Waals surface area contributed by atoms with Gasteiger partial charge in [-0.15, -0.1) is 10.2 Å². The quantitative estimate of drug-likeness (QED) is 0.433. The molecule has 1 atom stereocenters. The predicted octanol–water partition coefficient (Wildman–Crippen LogP) is 4.98. The minimum Gasteiger partial charge on any atom is -0.342 e. The summed E-state index contributed by atoms with van der Waals surface area (Å²) in [6.45, 7) is 4.00. The van der Waals surface area contributed by atoms with Gasteiger partial charge in [0.2, 0.25) is 5.91 Å². The Bertz CT molecular complexity index is 1100. The van der Waals surface area contributed by atoms with Crippen molar-refractivity contribution in [3.8, 4) is 0 Å². The maximum atomic E-state index is 12.6. The third-order valence-corrected chi connectivity index (χ3v) is 6.53. The van der Waals surface area contributed by atoms with E-state index >= 15 is 0 Å². The predicted molar refractivity (Wildman–Crippen MR) is 128 cm³/mol. The van der Waals surface area contributed by atoms with Crippen molar-refractivity contribution >= 4 is 52.5 Å². The van der Waals surface area contributed by atoms with Crippen LogP contribution in [0, 0.1) is 5.92 Å². The molecular formula is C22H23Cl2N5O2S. The number of hydrogen-bond acceptors (Lipinski definition) is 5. The molecule has 0 spiro atoms. The van der Waals surface area contributed by atoms with E-state index in [2.05, 4.69) is 20.8 Å². The van der Waals surface area contributed by atoms with Crippen LogP contribution in [0.3, 0.4) is 0 Å². The number of rotatable bonds is 8. The van der Waals surface area contributed by atoms with Gasteiger partial charge in [-0.25, -0.2) is 0 Å². The molecule has 168 valence electrons. The number of aromatic nitrogens is 3. The van der Waals surface area contributed by atoms with Crippen molar-refractivity contribution in [2.45, 2.75) is 25.0 Å². The van der Waals surface area contributed by atoms with Gasteiger partial charge in [-0.2, -0.15) is 0 Å². The number of halogens is 2. The molecule has 3 aromatic rings. The Morgan fingerprint density at radius 1 is 1.06 bits per heavy atom. The third kappa shape index (κ3) is 5.82. The summed E-state index contributed by atoms with van der Waals surface area (Å²) < 4.78 is 1.79. The molecule has 0 aliphatic rings. The smallest absolute Gasteiger partial charge is 0.251 e. The number of benzene rings is 2. The van der Waals surface area contributed by atoms with Crippen LogP contribution >= 0.6 is 35.0 Å². The van der Waals surface area contributed by atoms with Crippen molar-refractivity contribution in [3.05, 3.63) is 70.0 Å². The highest BCUT2D eigenvalue weighted by molar-refractivity contribution is 7.99. The van der Waals surface area contributed by atoms with E-state index < -0.39 is 0 Å². The van der Waals surface area contributed by atoms with E-state index in [0.29, 0.717) is 32.3 Å². The lowest BCUT2D eigenvalue weighted by Crippen LogP contribution is -2.33. The lowest BCUT2D eigenvalue weighted by Gasteiger charge is -2.21. The minimum atomic E-state index is -0.339. The molecule has 0 bridgehead atoms. The molecule has 10 heteroatoms. The van der Waals surface area contributed by atoms with Crippen molar-refractivity contribution in [1.29, 1.82) is 0 Å². The fourth-order valence-corrected chi connectivity index (χ4v) is 4.05. The average Bonchev–Trinajstić information content (AvgIpc) is 3.14. The molecule has 32 heavy (non-hydrogen) atoms. The maximum Gasteiger partial charge on any atom is 0.251 e. The Kier molecular flexibility index (Phi) is 8.17. The van der Waals surface area contributed by atoms with Crippen LogP contribution < -0.4 is 10.6 Å². The first-order valence-electron chi connectivity index (χ1n) is 9.89. The van der Waals surface area contributed by atoms with E-state index in [0.717, 1.165) is 0 Å². The van der Waals surface area contributed by atoms with Crippen molar-refractivity contribution in [3.63, 3.8) is 0 Å². The third-order valence-electron chi connectivity index (χ3n) is 4.69. The Morgan fingerprint density at radius 2 is 1.78 bits per heavy atom. The molecule has 1 aromatic heterocycles. The van der Waals surface area contributed by atoms with E-state index in [9.17, 15) is 9.59 Å². The highest BCUT2D eigenvalue weighted by atomic mass is 35.5. The van der Waals surface area contributed by atoms with Gasteiger partial charge in [0.1, 0.15) is 0 Å². The topological polar surface area (TPSA) is 88.9 Å². The highest BCUT2D eigenvalue weighted by Gasteiger charge is 2.25. The van der Waals surface area contributed by atoms with Gasteiger partial charge in [0.05, 0.1) is 27.5 Å². The molecular weight excluding hydrogens is 469 g/mol. The molecule has 0 aliphatic heterocycles. The number of nitrogens with one attached hydrogen (secondary N) is 2. The Labute approximate surface area is 200 Å². The molecule has 3 rings (SSSR count). The van der Waals surface area contributed by atoms with Gasteiger partial charge < -0.3 is 15.2 Å². The van der Waals surface area contributed by atoms with Crippen LogP contribution in [-0.2, 0) is 11.8 Å². The first kappa shape index (κ1) is 24.1. The molecule has 2 N–H and O–H groups in total. The fraction of sp³-hybridized carbons (Fsp3) is 0.273. The zero-order valence-corrected chi connectivity index (χ0v) is 20.1. The monoisotopic (exact) mass is 491 g/mol. The van der Waals surface area contributed by atoms with Crippen LogP contribution in [0.5, 0.6) is 0 Å². The van der Waals surface area contributed by atoms with Gasteiger partial charge in [-0.1, -0.05) is 73.1 Å². The number of amides is 2. The molecule has 0 fully saturated rings. The fourth-order valence-electron chi connectivity index (χ4n) is 2.98. The second kappa shape index (κ2) is 10.8. The van der Waals surface area contributed by atoms with Crippen LogP contribution in [0.4, 0.5) is 5.69 Å². The molecule has 1 heterocycles. The van der Waals surface area contributed by atoms with E-state index in [-0.39, 0.29) is 29.5 Å². The van der Waals surface area contributed by atoms with Crippen LogP contribution in [0.25, 0.3) is 0 Å². The van der Waals surface area contributed by atoms with Gasteiger partial charge in [0.15, 0.2) is 11.0 Å². The molecule has 0 saturated carbocycles. The maximum absolute atomic E-state index is 12.6. The lowest BCUT2D eigenvalue weighted by molar-refractivity contribution is -0.113. The standard InChI is InChI=1S/C22H23Cl2N5O2S/c1-13(2)19(26-21(31)14-8-5-4-6-9-14)20-27-28-22(29(20)3)32-12-17(30)25-16-11-7-10-15(23)18(16)24/h4-11,13,19H,12H2,1-3H3,(H,25,30)(H,26,31)/t19-/m1/s1. The zero-order chi connectivity index (χ0) is 23.3. The summed E-state index contributed by atoms with van der Waals surface area (Å²) in [6.07, 6.45) is 0. The van der Waals surface area contributed by atoms with Crippen molar-refractivity contribution in [2.24, 2.45) is 13.0 Å². The largest absolute Gasteiger partial charge is 0.342 e. The van der Waals surface area contributed by atoms with Gasteiger partial charge in [-0.3, -0.25) is 9.59 Å². The van der Waals surface area contributed by atoms with Gasteiger partial charge in [0.25, 0.3) is 5.91 Å². The first-order valence-corrected chi connectivity index (χ1v) is 11.6. The number of carbonyl (C=O) groups excluding carboxylic acids is 2. The van der Waals surface area contributed by atoms with Crippen LogP contribution in [0.15, 0.2) is 53.7 Å². The minimum absolute atomic E-state index is 0.0803. The Hall–Kier alpha value is -2.55. The van der Waals surface area contributed by atoms with E-state index in [1.807, 2.05) is 39.1 Å². The first-order chi connectivity index (χ1) is 15.3. The van der Waals surface area contributed by atoms with Crippen molar-refractivity contribution in [2.75, 3.05) is 11.1 Å². The second-order valence-electron chi connectivity index (χ2n) is 7.40. The molecule has 0 aliphatic carbocycles. The molecule has 2 aromatic carbocycles. The van der Waals surface area contributed by atoms with E-state index in [1.54, 1.807) is 34.9 Å². The molecule has 0 saturated heterocycles. The Morgan fingerprint density at radius 3 is 2.47 bits per heavy atom.